The van der Waals surface area contributed by atoms with E-state index in [9.17, 15) is 9.59 Å². The van der Waals surface area contributed by atoms with Gasteiger partial charge in [-0.05, 0) is 29.5 Å². The number of esters is 1. The molecule has 0 fully saturated rings. The molecule has 0 aliphatic heterocycles. The zero-order valence-electron chi connectivity index (χ0n) is 17.0. The summed E-state index contributed by atoms with van der Waals surface area (Å²) in [6.07, 6.45) is 1.85. The van der Waals surface area contributed by atoms with Crippen LogP contribution in [0.2, 0.25) is 0 Å². The van der Waals surface area contributed by atoms with Crippen LogP contribution in [-0.4, -0.2) is 30.6 Å². The first-order chi connectivity index (χ1) is 14.0. The highest BCUT2D eigenvalue weighted by molar-refractivity contribution is 5.79. The van der Waals surface area contributed by atoms with Crippen LogP contribution in [0, 0.1) is 0 Å². The van der Waals surface area contributed by atoms with Gasteiger partial charge in [-0.1, -0.05) is 68.4 Å². The molecule has 0 saturated carbocycles. The fourth-order valence-corrected chi connectivity index (χ4v) is 3.55. The first kappa shape index (κ1) is 20.9. The van der Waals surface area contributed by atoms with Gasteiger partial charge in [-0.15, -0.1) is 0 Å². The molecule has 29 heavy (non-hydrogen) atoms. The highest BCUT2D eigenvalue weighted by Crippen LogP contribution is 2.30. The van der Waals surface area contributed by atoms with Crippen LogP contribution in [0.1, 0.15) is 43.0 Å². The van der Waals surface area contributed by atoms with Gasteiger partial charge in [0.05, 0.1) is 6.04 Å². The first-order valence-corrected chi connectivity index (χ1v) is 10.1. The summed E-state index contributed by atoms with van der Waals surface area (Å²) >= 11 is 0. The molecule has 2 amide bonds. The fraction of sp³-hybridized carbons (Fsp3) is 0.391. The number of rotatable bonds is 8. The van der Waals surface area contributed by atoms with Gasteiger partial charge in [0.25, 0.3) is 0 Å². The van der Waals surface area contributed by atoms with Crippen molar-refractivity contribution in [1.29, 1.82) is 0 Å². The van der Waals surface area contributed by atoms with E-state index >= 15 is 0 Å². The maximum Gasteiger partial charge on any atom is 0.325 e. The molecule has 0 heterocycles. The summed E-state index contributed by atoms with van der Waals surface area (Å²) in [5.74, 6) is -0.380. The van der Waals surface area contributed by atoms with Crippen LogP contribution in [-0.2, 0) is 22.6 Å². The topological polar surface area (TPSA) is 79.5 Å². The summed E-state index contributed by atoms with van der Waals surface area (Å²) in [5, 5.41) is 8.99. The van der Waals surface area contributed by atoms with Crippen molar-refractivity contribution in [2.24, 2.45) is 0 Å². The van der Waals surface area contributed by atoms with Gasteiger partial charge in [0.1, 0.15) is 12.6 Å². The van der Waals surface area contributed by atoms with Gasteiger partial charge in [-0.25, -0.2) is 4.79 Å². The standard InChI is InChI=1S/C23H29N3O3/c1-16(2)25-21(22(27)29-15-17-8-4-3-5-9-17)14-24-23(28)26-20-13-12-18-10-6-7-11-19(18)20/h3-11,16,20-21,25H,12-15H2,1-2H3,(H2,24,26,28)/t20-,21+/m1/s1. The molecule has 0 unspecified atom stereocenters. The second kappa shape index (κ2) is 10.1. The minimum Gasteiger partial charge on any atom is -0.460 e. The number of benzene rings is 2. The first-order valence-electron chi connectivity index (χ1n) is 10.1. The molecule has 6 heteroatoms. The Morgan fingerprint density at radius 1 is 1.07 bits per heavy atom. The maximum absolute atomic E-state index is 12.5. The van der Waals surface area contributed by atoms with Gasteiger partial charge < -0.3 is 20.7 Å². The lowest BCUT2D eigenvalue weighted by atomic mass is 10.1. The summed E-state index contributed by atoms with van der Waals surface area (Å²) in [7, 11) is 0. The van der Waals surface area contributed by atoms with Gasteiger partial charge >= 0.3 is 12.0 Å². The molecule has 6 nitrogen and oxygen atoms in total. The number of amides is 2. The molecule has 2 atom stereocenters. The van der Waals surface area contributed by atoms with Crippen molar-refractivity contribution in [3.63, 3.8) is 0 Å². The maximum atomic E-state index is 12.5. The number of urea groups is 1. The molecule has 1 aliphatic carbocycles. The Labute approximate surface area is 172 Å². The third kappa shape index (κ3) is 6.06. The van der Waals surface area contributed by atoms with Crippen molar-refractivity contribution >= 4 is 12.0 Å². The summed E-state index contributed by atoms with van der Waals surface area (Å²) in [6, 6.07) is 16.9. The van der Waals surface area contributed by atoms with E-state index in [1.165, 1.54) is 11.1 Å². The van der Waals surface area contributed by atoms with E-state index in [4.69, 9.17) is 4.74 Å². The van der Waals surface area contributed by atoms with Crippen LogP contribution in [0.15, 0.2) is 54.6 Å². The molecule has 0 spiro atoms. The summed E-state index contributed by atoms with van der Waals surface area (Å²) < 4.78 is 5.43. The fourth-order valence-electron chi connectivity index (χ4n) is 3.55. The zero-order valence-corrected chi connectivity index (χ0v) is 17.0. The number of fused-ring (bicyclic) bond motifs is 1. The molecular formula is C23H29N3O3. The van der Waals surface area contributed by atoms with Gasteiger partial charge in [-0.3, -0.25) is 4.79 Å². The summed E-state index contributed by atoms with van der Waals surface area (Å²) in [5.41, 5.74) is 3.37. The molecule has 0 radical (unpaired) electrons. The number of ether oxygens (including phenoxy) is 1. The van der Waals surface area contributed by atoms with Crippen LogP contribution in [0.3, 0.4) is 0 Å². The Bertz CT molecular complexity index is 823. The third-order valence-electron chi connectivity index (χ3n) is 4.95. The normalized spacial score (nSPS) is 16.2. The molecule has 1 aliphatic rings. The monoisotopic (exact) mass is 395 g/mol. The minimum absolute atomic E-state index is 0.00717. The number of carbonyl (C=O) groups excluding carboxylic acids is 2. The molecule has 0 bridgehead atoms. The van der Waals surface area contributed by atoms with Crippen molar-refractivity contribution in [1.82, 2.24) is 16.0 Å². The number of aryl methyl sites for hydroxylation is 1. The number of nitrogens with one attached hydrogen (secondary N) is 3. The zero-order chi connectivity index (χ0) is 20.6. The molecule has 0 saturated heterocycles. The average molecular weight is 396 g/mol. The molecule has 0 aromatic heterocycles. The van der Waals surface area contributed by atoms with Crippen molar-refractivity contribution < 1.29 is 14.3 Å². The van der Waals surface area contributed by atoms with E-state index in [-0.39, 0.29) is 37.2 Å². The Kier molecular flexibility index (Phi) is 7.25. The molecule has 3 rings (SSSR count). The van der Waals surface area contributed by atoms with Crippen LogP contribution < -0.4 is 16.0 Å². The van der Waals surface area contributed by atoms with Crippen LogP contribution >= 0.6 is 0 Å². The van der Waals surface area contributed by atoms with Gasteiger partial charge in [0.2, 0.25) is 0 Å². The average Bonchev–Trinajstić information content (AvgIpc) is 3.12. The highest BCUT2D eigenvalue weighted by atomic mass is 16.5. The van der Waals surface area contributed by atoms with Gasteiger partial charge in [-0.2, -0.15) is 0 Å². The number of hydrogen-bond donors (Lipinski definition) is 3. The number of hydrogen-bond acceptors (Lipinski definition) is 4. The van der Waals surface area contributed by atoms with E-state index in [0.29, 0.717) is 0 Å². The van der Waals surface area contributed by atoms with E-state index < -0.39 is 6.04 Å². The van der Waals surface area contributed by atoms with Crippen LogP contribution in [0.5, 0.6) is 0 Å². The molecule has 3 N–H and O–H groups in total. The van der Waals surface area contributed by atoms with Gasteiger partial charge in [0.15, 0.2) is 0 Å². The second-order valence-corrected chi connectivity index (χ2v) is 7.61. The van der Waals surface area contributed by atoms with Crippen molar-refractivity contribution in [3.05, 3.63) is 71.3 Å². The Morgan fingerprint density at radius 2 is 1.79 bits per heavy atom. The SMILES string of the molecule is CC(C)N[C@@H](CNC(=O)N[C@@H]1CCc2ccccc21)C(=O)OCc1ccccc1. The van der Waals surface area contributed by atoms with Gasteiger partial charge in [0, 0.05) is 12.6 Å². The third-order valence-corrected chi connectivity index (χ3v) is 4.95. The van der Waals surface area contributed by atoms with E-state index in [2.05, 4.69) is 28.1 Å². The second-order valence-electron chi connectivity index (χ2n) is 7.61. The lowest BCUT2D eigenvalue weighted by Gasteiger charge is -2.21. The highest BCUT2D eigenvalue weighted by Gasteiger charge is 2.25. The van der Waals surface area contributed by atoms with Crippen LogP contribution in [0.4, 0.5) is 4.79 Å². The minimum atomic E-state index is -0.611. The van der Waals surface area contributed by atoms with Crippen molar-refractivity contribution in [3.8, 4) is 0 Å². The Balaban J connectivity index is 1.50. The largest absolute Gasteiger partial charge is 0.460 e. The van der Waals surface area contributed by atoms with E-state index in [1.807, 2.05) is 56.3 Å². The lowest BCUT2D eigenvalue weighted by Crippen LogP contribution is -2.51. The van der Waals surface area contributed by atoms with E-state index in [0.717, 1.165) is 18.4 Å². The smallest absolute Gasteiger partial charge is 0.325 e. The Morgan fingerprint density at radius 3 is 2.55 bits per heavy atom. The molecule has 154 valence electrons. The molecule has 2 aromatic rings. The van der Waals surface area contributed by atoms with Crippen LogP contribution in [0.25, 0.3) is 0 Å². The number of carbonyl (C=O) groups is 2. The van der Waals surface area contributed by atoms with Crippen molar-refractivity contribution in [2.45, 2.75) is 51.4 Å². The van der Waals surface area contributed by atoms with Crippen molar-refractivity contribution in [2.75, 3.05) is 6.54 Å². The lowest BCUT2D eigenvalue weighted by molar-refractivity contribution is -0.147. The molecular weight excluding hydrogens is 366 g/mol. The quantitative estimate of drug-likeness (QED) is 0.600. The Hall–Kier alpha value is -2.86. The van der Waals surface area contributed by atoms with E-state index in [1.54, 1.807) is 0 Å². The predicted octanol–water partition coefficient (Wildman–Crippen LogP) is 3.08. The summed E-state index contributed by atoms with van der Waals surface area (Å²) in [4.78, 5) is 24.9. The predicted molar refractivity (Wildman–Crippen MR) is 112 cm³/mol. The molecule has 2 aromatic carbocycles. The summed E-state index contributed by atoms with van der Waals surface area (Å²) in [6.45, 7) is 4.27.